The van der Waals surface area contributed by atoms with Crippen LogP contribution < -0.4 is 10.6 Å². The Morgan fingerprint density at radius 3 is 2.72 bits per heavy atom. The van der Waals surface area contributed by atoms with Crippen molar-refractivity contribution in [3.8, 4) is 0 Å². The van der Waals surface area contributed by atoms with Gasteiger partial charge in [0.15, 0.2) is 0 Å². The summed E-state index contributed by atoms with van der Waals surface area (Å²) in [7, 11) is 0. The molecule has 2 fully saturated rings. The summed E-state index contributed by atoms with van der Waals surface area (Å²) < 4.78 is 0. The molecule has 0 bridgehead atoms. The Kier molecular flexibility index (Phi) is 5.97. The van der Waals surface area contributed by atoms with Gasteiger partial charge in [0.25, 0.3) is 0 Å². The highest BCUT2D eigenvalue weighted by Gasteiger charge is 2.33. The molecule has 0 unspecified atom stereocenters. The Labute approximate surface area is 150 Å². The molecule has 3 rings (SSSR count). The van der Waals surface area contributed by atoms with E-state index in [9.17, 15) is 9.90 Å². The number of aliphatic hydroxyl groups is 1. The molecule has 1 aliphatic carbocycles. The van der Waals surface area contributed by atoms with E-state index < -0.39 is 5.60 Å². The van der Waals surface area contributed by atoms with Crippen molar-refractivity contribution in [3.05, 3.63) is 35.9 Å². The van der Waals surface area contributed by atoms with Crippen LogP contribution in [0.15, 0.2) is 30.3 Å². The van der Waals surface area contributed by atoms with Gasteiger partial charge in [0.2, 0.25) is 0 Å². The van der Waals surface area contributed by atoms with E-state index in [0.717, 1.165) is 45.2 Å². The number of carbonyl (C=O) groups excluding carboxylic acids is 1. The van der Waals surface area contributed by atoms with E-state index in [1.165, 1.54) is 5.56 Å². The summed E-state index contributed by atoms with van der Waals surface area (Å²) >= 11 is 0. The first-order valence-corrected chi connectivity index (χ1v) is 9.59. The van der Waals surface area contributed by atoms with Crippen molar-refractivity contribution in [1.29, 1.82) is 0 Å². The van der Waals surface area contributed by atoms with Crippen molar-refractivity contribution in [2.24, 2.45) is 0 Å². The first-order chi connectivity index (χ1) is 12.0. The fourth-order valence-electron chi connectivity index (χ4n) is 3.88. The number of nitrogens with zero attached hydrogens (tertiary/aromatic N) is 1. The van der Waals surface area contributed by atoms with Crippen LogP contribution in [-0.2, 0) is 6.54 Å². The molecule has 1 saturated heterocycles. The highest BCUT2D eigenvalue weighted by molar-refractivity contribution is 5.74. The average molecular weight is 345 g/mol. The molecule has 25 heavy (non-hydrogen) atoms. The highest BCUT2D eigenvalue weighted by Crippen LogP contribution is 2.34. The third kappa shape index (κ3) is 5.19. The molecule has 2 amide bonds. The van der Waals surface area contributed by atoms with Gasteiger partial charge >= 0.3 is 6.03 Å². The zero-order valence-corrected chi connectivity index (χ0v) is 15.2. The molecular weight excluding hydrogens is 314 g/mol. The summed E-state index contributed by atoms with van der Waals surface area (Å²) in [5.74, 6) is 0. The van der Waals surface area contributed by atoms with Crippen LogP contribution in [0.3, 0.4) is 0 Å². The molecule has 1 heterocycles. The second-order valence-corrected chi connectivity index (χ2v) is 7.75. The van der Waals surface area contributed by atoms with Gasteiger partial charge < -0.3 is 15.7 Å². The van der Waals surface area contributed by atoms with Crippen LogP contribution in [0.5, 0.6) is 0 Å². The third-order valence-electron chi connectivity index (χ3n) is 5.74. The van der Waals surface area contributed by atoms with Crippen molar-refractivity contribution in [3.63, 3.8) is 0 Å². The van der Waals surface area contributed by atoms with E-state index in [1.54, 1.807) is 0 Å². The van der Waals surface area contributed by atoms with Gasteiger partial charge in [-0.05, 0) is 51.0 Å². The van der Waals surface area contributed by atoms with Gasteiger partial charge in [-0.3, -0.25) is 4.90 Å². The van der Waals surface area contributed by atoms with E-state index in [0.29, 0.717) is 19.0 Å². The number of piperidine rings is 1. The van der Waals surface area contributed by atoms with E-state index >= 15 is 0 Å². The standard InChI is InChI=1S/C20H31N3O2/c1-16-14-18(8-13-23(16)15-17-6-3-2-4-7-17)22-19(24)21-12-11-20(25)9-5-10-20/h2-4,6-7,16,18,25H,5,8-15H2,1H3,(H2,21,22,24)/t16-,18+/m0/s1. The van der Waals surface area contributed by atoms with Gasteiger partial charge in [-0.15, -0.1) is 0 Å². The van der Waals surface area contributed by atoms with Crippen molar-refractivity contribution in [2.45, 2.75) is 69.7 Å². The Morgan fingerprint density at radius 2 is 2.08 bits per heavy atom. The Morgan fingerprint density at radius 1 is 1.32 bits per heavy atom. The number of hydrogen-bond acceptors (Lipinski definition) is 3. The Bertz CT molecular complexity index is 559. The van der Waals surface area contributed by atoms with Gasteiger partial charge in [-0.1, -0.05) is 30.3 Å². The fourth-order valence-corrected chi connectivity index (χ4v) is 3.88. The highest BCUT2D eigenvalue weighted by atomic mass is 16.3. The number of nitrogens with one attached hydrogen (secondary N) is 2. The van der Waals surface area contributed by atoms with Gasteiger partial charge in [-0.2, -0.15) is 0 Å². The maximum absolute atomic E-state index is 12.1. The van der Waals surface area contributed by atoms with Crippen LogP contribution >= 0.6 is 0 Å². The molecule has 2 aliphatic rings. The monoisotopic (exact) mass is 345 g/mol. The molecule has 1 saturated carbocycles. The van der Waals surface area contributed by atoms with Crippen LogP contribution in [0.4, 0.5) is 4.79 Å². The largest absolute Gasteiger partial charge is 0.390 e. The van der Waals surface area contributed by atoms with E-state index in [1.807, 2.05) is 6.07 Å². The second-order valence-electron chi connectivity index (χ2n) is 7.75. The van der Waals surface area contributed by atoms with Crippen LogP contribution in [0, 0.1) is 0 Å². The maximum atomic E-state index is 12.1. The summed E-state index contributed by atoms with van der Waals surface area (Å²) in [5, 5.41) is 16.0. The van der Waals surface area contributed by atoms with E-state index in [2.05, 4.69) is 46.7 Å². The first-order valence-electron chi connectivity index (χ1n) is 9.59. The first kappa shape index (κ1) is 18.2. The lowest BCUT2D eigenvalue weighted by Crippen LogP contribution is -2.51. The van der Waals surface area contributed by atoms with Gasteiger partial charge in [0.05, 0.1) is 5.60 Å². The topological polar surface area (TPSA) is 64.6 Å². The van der Waals surface area contributed by atoms with Crippen molar-refractivity contribution in [1.82, 2.24) is 15.5 Å². The Balaban J connectivity index is 1.36. The molecule has 138 valence electrons. The SMILES string of the molecule is C[C@H]1C[C@H](NC(=O)NCCC2(O)CCC2)CCN1Cc1ccccc1. The number of urea groups is 1. The number of benzene rings is 1. The quantitative estimate of drug-likeness (QED) is 0.743. The average Bonchev–Trinajstić information content (AvgIpc) is 2.57. The predicted octanol–water partition coefficient (Wildman–Crippen LogP) is 2.64. The van der Waals surface area contributed by atoms with Gasteiger partial charge in [0, 0.05) is 31.7 Å². The number of likely N-dealkylation sites (tertiary alicyclic amines) is 1. The summed E-state index contributed by atoms with van der Waals surface area (Å²) in [5.41, 5.74) is 0.817. The molecule has 3 N–H and O–H groups in total. The fraction of sp³-hybridized carbons (Fsp3) is 0.650. The molecule has 5 nitrogen and oxygen atoms in total. The number of amides is 2. The summed E-state index contributed by atoms with van der Waals surface area (Å²) in [6.07, 6.45) is 5.45. The Hall–Kier alpha value is -1.59. The summed E-state index contributed by atoms with van der Waals surface area (Å²) in [4.78, 5) is 14.5. The lowest BCUT2D eigenvalue weighted by molar-refractivity contribution is -0.0389. The van der Waals surface area contributed by atoms with Crippen molar-refractivity contribution < 1.29 is 9.90 Å². The number of carbonyl (C=O) groups is 1. The van der Waals surface area contributed by atoms with E-state index in [4.69, 9.17) is 0 Å². The summed E-state index contributed by atoms with van der Waals surface area (Å²) in [6.45, 7) is 4.76. The molecule has 0 spiro atoms. The molecule has 1 aromatic carbocycles. The second kappa shape index (κ2) is 8.19. The van der Waals surface area contributed by atoms with Crippen LogP contribution in [-0.4, -0.2) is 46.8 Å². The van der Waals surface area contributed by atoms with Crippen molar-refractivity contribution in [2.75, 3.05) is 13.1 Å². The van der Waals surface area contributed by atoms with Crippen LogP contribution in [0.1, 0.15) is 51.0 Å². The van der Waals surface area contributed by atoms with Gasteiger partial charge in [-0.25, -0.2) is 4.79 Å². The zero-order valence-electron chi connectivity index (χ0n) is 15.2. The molecule has 1 aliphatic heterocycles. The number of rotatable bonds is 6. The molecule has 5 heteroatoms. The molecule has 0 aromatic heterocycles. The lowest BCUT2D eigenvalue weighted by Gasteiger charge is -2.38. The van der Waals surface area contributed by atoms with Gasteiger partial charge in [0.1, 0.15) is 0 Å². The third-order valence-corrected chi connectivity index (χ3v) is 5.74. The zero-order chi connectivity index (χ0) is 17.7. The minimum Gasteiger partial charge on any atom is -0.390 e. The van der Waals surface area contributed by atoms with Crippen LogP contribution in [0.25, 0.3) is 0 Å². The smallest absolute Gasteiger partial charge is 0.315 e. The molecule has 1 aromatic rings. The minimum atomic E-state index is -0.523. The minimum absolute atomic E-state index is 0.100. The predicted molar refractivity (Wildman–Crippen MR) is 99.3 cm³/mol. The molecule has 0 radical (unpaired) electrons. The molecular formula is C20H31N3O2. The number of hydrogen-bond donors (Lipinski definition) is 3. The molecule has 2 atom stereocenters. The lowest BCUT2D eigenvalue weighted by atomic mass is 9.78. The maximum Gasteiger partial charge on any atom is 0.315 e. The van der Waals surface area contributed by atoms with E-state index in [-0.39, 0.29) is 12.1 Å². The van der Waals surface area contributed by atoms with Crippen LogP contribution in [0.2, 0.25) is 0 Å². The summed E-state index contributed by atoms with van der Waals surface area (Å²) in [6, 6.07) is 11.1. The normalized spacial score (nSPS) is 25.8. The van der Waals surface area contributed by atoms with Crippen molar-refractivity contribution >= 4 is 6.03 Å².